The number of ether oxygens (including phenoxy) is 1. The molecule has 0 aliphatic carbocycles. The van der Waals surface area contributed by atoms with Gasteiger partial charge in [-0.2, -0.15) is 11.8 Å². The first-order chi connectivity index (χ1) is 8.74. The van der Waals surface area contributed by atoms with Gasteiger partial charge in [0, 0.05) is 11.7 Å². The molecule has 0 spiro atoms. The molecular weight excluding hydrogens is 248 g/mol. The second kappa shape index (κ2) is 6.54. The van der Waals surface area contributed by atoms with Gasteiger partial charge in [-0.15, -0.1) is 0 Å². The van der Waals surface area contributed by atoms with E-state index in [0.29, 0.717) is 17.5 Å². The summed E-state index contributed by atoms with van der Waals surface area (Å²) in [6.07, 6.45) is 2.11. The first kappa shape index (κ1) is 13.1. The highest BCUT2D eigenvalue weighted by molar-refractivity contribution is 7.99. The second-order valence-corrected chi connectivity index (χ2v) is 5.54. The fraction of sp³-hybridized carbons (Fsp3) is 0.462. The van der Waals surface area contributed by atoms with Gasteiger partial charge in [-0.1, -0.05) is 0 Å². The van der Waals surface area contributed by atoms with E-state index in [2.05, 4.69) is 5.32 Å². The summed E-state index contributed by atoms with van der Waals surface area (Å²) in [4.78, 5) is 11.7. The molecule has 1 aromatic rings. The van der Waals surface area contributed by atoms with Crippen LogP contribution in [0, 0.1) is 0 Å². The maximum atomic E-state index is 11.7. The monoisotopic (exact) mass is 266 g/mol. The summed E-state index contributed by atoms with van der Waals surface area (Å²) in [7, 11) is 0. The van der Waals surface area contributed by atoms with Crippen LogP contribution in [0.1, 0.15) is 12.8 Å². The van der Waals surface area contributed by atoms with Crippen LogP contribution < -0.4 is 15.8 Å². The van der Waals surface area contributed by atoms with Crippen LogP contribution in [-0.4, -0.2) is 30.1 Å². The van der Waals surface area contributed by atoms with Crippen LogP contribution in [0.2, 0.25) is 0 Å². The topological polar surface area (TPSA) is 64.3 Å². The number of amides is 1. The van der Waals surface area contributed by atoms with E-state index in [0.717, 1.165) is 24.3 Å². The number of nitrogens with one attached hydrogen (secondary N) is 1. The standard InChI is InChI=1S/C13H18N2O2S/c14-10-1-3-12(4-2-10)17-9-13(16)15-11-5-7-18-8-6-11/h1-4,11H,5-9,14H2,(H,15,16). The molecule has 5 heteroatoms. The Morgan fingerprint density at radius 1 is 1.33 bits per heavy atom. The van der Waals surface area contributed by atoms with Gasteiger partial charge in [-0.3, -0.25) is 4.79 Å². The van der Waals surface area contributed by atoms with E-state index in [-0.39, 0.29) is 12.5 Å². The van der Waals surface area contributed by atoms with Gasteiger partial charge in [0.25, 0.3) is 5.91 Å². The van der Waals surface area contributed by atoms with Crippen molar-refractivity contribution in [1.82, 2.24) is 5.32 Å². The minimum absolute atomic E-state index is 0.0521. The minimum atomic E-state index is -0.0521. The summed E-state index contributed by atoms with van der Waals surface area (Å²) < 4.78 is 5.39. The molecule has 1 aromatic carbocycles. The van der Waals surface area contributed by atoms with E-state index in [9.17, 15) is 4.79 Å². The molecule has 3 N–H and O–H groups in total. The Bertz CT molecular complexity index is 388. The van der Waals surface area contributed by atoms with Crippen molar-refractivity contribution in [2.75, 3.05) is 23.8 Å². The lowest BCUT2D eigenvalue weighted by Crippen LogP contribution is -2.39. The summed E-state index contributed by atoms with van der Waals surface area (Å²) >= 11 is 1.94. The van der Waals surface area contributed by atoms with Gasteiger partial charge in [0.1, 0.15) is 5.75 Å². The normalized spacial score (nSPS) is 16.2. The molecule has 98 valence electrons. The number of hydrogen-bond donors (Lipinski definition) is 2. The summed E-state index contributed by atoms with van der Waals surface area (Å²) in [6, 6.07) is 7.35. The van der Waals surface area contributed by atoms with Gasteiger partial charge in [-0.05, 0) is 48.6 Å². The van der Waals surface area contributed by atoms with Crippen LogP contribution >= 0.6 is 11.8 Å². The maximum absolute atomic E-state index is 11.7. The average molecular weight is 266 g/mol. The molecule has 2 rings (SSSR count). The number of hydrogen-bond acceptors (Lipinski definition) is 4. The van der Waals surface area contributed by atoms with Crippen LogP contribution in [0.15, 0.2) is 24.3 Å². The highest BCUT2D eigenvalue weighted by Crippen LogP contribution is 2.17. The lowest BCUT2D eigenvalue weighted by molar-refractivity contribution is -0.123. The van der Waals surface area contributed by atoms with Crippen molar-refractivity contribution in [2.45, 2.75) is 18.9 Å². The quantitative estimate of drug-likeness (QED) is 0.814. The van der Waals surface area contributed by atoms with E-state index in [1.54, 1.807) is 24.3 Å². The van der Waals surface area contributed by atoms with Crippen LogP contribution in [0.25, 0.3) is 0 Å². The van der Waals surface area contributed by atoms with E-state index in [1.165, 1.54) is 0 Å². The zero-order chi connectivity index (χ0) is 12.8. The molecule has 0 unspecified atom stereocenters. The maximum Gasteiger partial charge on any atom is 0.258 e. The molecule has 1 saturated heterocycles. The van der Waals surface area contributed by atoms with Crippen molar-refractivity contribution in [1.29, 1.82) is 0 Å². The smallest absolute Gasteiger partial charge is 0.258 e. The zero-order valence-corrected chi connectivity index (χ0v) is 11.0. The van der Waals surface area contributed by atoms with Gasteiger partial charge in [0.15, 0.2) is 6.61 Å². The number of carbonyl (C=O) groups excluding carboxylic acids is 1. The molecule has 0 saturated carbocycles. The SMILES string of the molecule is Nc1ccc(OCC(=O)NC2CCSCC2)cc1. The fourth-order valence-corrected chi connectivity index (χ4v) is 2.93. The highest BCUT2D eigenvalue weighted by atomic mass is 32.2. The minimum Gasteiger partial charge on any atom is -0.484 e. The molecule has 0 atom stereocenters. The molecule has 1 fully saturated rings. The van der Waals surface area contributed by atoms with E-state index >= 15 is 0 Å². The molecule has 0 bridgehead atoms. The number of carbonyl (C=O) groups is 1. The van der Waals surface area contributed by atoms with Gasteiger partial charge in [0.2, 0.25) is 0 Å². The third-order valence-corrected chi connectivity index (χ3v) is 3.89. The van der Waals surface area contributed by atoms with Crippen molar-refractivity contribution < 1.29 is 9.53 Å². The Balaban J connectivity index is 1.72. The molecule has 1 aliphatic heterocycles. The first-order valence-electron chi connectivity index (χ1n) is 6.09. The first-order valence-corrected chi connectivity index (χ1v) is 7.25. The molecular formula is C13H18N2O2S. The van der Waals surface area contributed by atoms with Gasteiger partial charge >= 0.3 is 0 Å². The van der Waals surface area contributed by atoms with Crippen molar-refractivity contribution in [3.8, 4) is 5.75 Å². The van der Waals surface area contributed by atoms with Gasteiger partial charge in [0.05, 0.1) is 0 Å². The number of nitrogens with two attached hydrogens (primary N) is 1. The molecule has 0 aromatic heterocycles. The zero-order valence-electron chi connectivity index (χ0n) is 10.2. The van der Waals surface area contributed by atoms with E-state index < -0.39 is 0 Å². The summed E-state index contributed by atoms with van der Waals surface area (Å²) in [6.45, 7) is 0.0631. The van der Waals surface area contributed by atoms with Crippen LogP contribution in [0.4, 0.5) is 5.69 Å². The third-order valence-electron chi connectivity index (χ3n) is 2.84. The van der Waals surface area contributed by atoms with Crippen molar-refractivity contribution in [2.24, 2.45) is 0 Å². The van der Waals surface area contributed by atoms with Gasteiger partial charge in [-0.25, -0.2) is 0 Å². The number of nitrogen functional groups attached to an aromatic ring is 1. The van der Waals surface area contributed by atoms with E-state index in [1.807, 2.05) is 11.8 Å². The average Bonchev–Trinajstić information content (AvgIpc) is 2.39. The Morgan fingerprint density at radius 3 is 2.67 bits per heavy atom. The third kappa shape index (κ3) is 4.14. The fourth-order valence-electron chi connectivity index (χ4n) is 1.82. The predicted octanol–water partition coefficient (Wildman–Crippen LogP) is 1.66. The molecule has 1 aliphatic rings. The Labute approximate surface area is 111 Å². The van der Waals surface area contributed by atoms with E-state index in [4.69, 9.17) is 10.5 Å². The Kier molecular flexibility index (Phi) is 4.75. The van der Waals surface area contributed by atoms with Crippen molar-refractivity contribution in [3.63, 3.8) is 0 Å². The Morgan fingerprint density at radius 2 is 2.00 bits per heavy atom. The molecule has 18 heavy (non-hydrogen) atoms. The number of thioether (sulfide) groups is 1. The van der Waals surface area contributed by atoms with Gasteiger partial charge < -0.3 is 15.8 Å². The lowest BCUT2D eigenvalue weighted by Gasteiger charge is -2.22. The molecule has 1 heterocycles. The number of benzene rings is 1. The summed E-state index contributed by atoms with van der Waals surface area (Å²) in [5.74, 6) is 2.87. The van der Waals surface area contributed by atoms with Crippen LogP contribution in [0.5, 0.6) is 5.75 Å². The molecule has 0 radical (unpaired) electrons. The molecule has 1 amide bonds. The lowest BCUT2D eigenvalue weighted by atomic mass is 10.1. The number of rotatable bonds is 4. The largest absolute Gasteiger partial charge is 0.484 e. The second-order valence-electron chi connectivity index (χ2n) is 4.31. The van der Waals surface area contributed by atoms with Crippen LogP contribution in [-0.2, 0) is 4.79 Å². The molecule has 4 nitrogen and oxygen atoms in total. The highest BCUT2D eigenvalue weighted by Gasteiger charge is 2.15. The predicted molar refractivity (Wildman–Crippen MR) is 74.8 cm³/mol. The summed E-state index contributed by atoms with van der Waals surface area (Å²) in [5, 5.41) is 3.00. The summed E-state index contributed by atoms with van der Waals surface area (Å²) in [5.41, 5.74) is 6.26. The van der Waals surface area contributed by atoms with Crippen molar-refractivity contribution >= 4 is 23.4 Å². The Hall–Kier alpha value is -1.36. The number of anilines is 1. The van der Waals surface area contributed by atoms with Crippen molar-refractivity contribution in [3.05, 3.63) is 24.3 Å². The van der Waals surface area contributed by atoms with Crippen LogP contribution in [0.3, 0.4) is 0 Å².